The molecule has 1 heterocycles. The monoisotopic (exact) mass is 265 g/mol. The fourth-order valence-corrected chi connectivity index (χ4v) is 2.07. The van der Waals surface area contributed by atoms with Gasteiger partial charge in [0.15, 0.2) is 6.61 Å². The number of benzene rings is 1. The lowest BCUT2D eigenvalue weighted by Gasteiger charge is -2.29. The number of carbonyl (C=O) groups excluding carboxylic acids is 1. The average Bonchev–Trinajstić information content (AvgIpc) is 2.46. The number of carbonyl (C=O) groups is 1. The minimum atomic E-state index is 0.0512. The van der Waals surface area contributed by atoms with Gasteiger partial charge < -0.3 is 19.3 Å². The third-order valence-electron chi connectivity index (χ3n) is 3.37. The molecule has 1 aliphatic rings. The third-order valence-corrected chi connectivity index (χ3v) is 3.37. The van der Waals surface area contributed by atoms with E-state index in [9.17, 15) is 4.79 Å². The van der Waals surface area contributed by atoms with Crippen molar-refractivity contribution in [3.05, 3.63) is 24.3 Å². The molecule has 1 aliphatic heterocycles. The maximum atomic E-state index is 12.0. The van der Waals surface area contributed by atoms with Gasteiger partial charge in [-0.25, -0.2) is 0 Å². The van der Waals surface area contributed by atoms with Crippen LogP contribution >= 0.6 is 0 Å². The van der Waals surface area contributed by atoms with Crippen molar-refractivity contribution in [3.8, 4) is 11.5 Å². The van der Waals surface area contributed by atoms with Gasteiger partial charge in [0.05, 0.1) is 40.3 Å². The van der Waals surface area contributed by atoms with Crippen molar-refractivity contribution in [2.45, 2.75) is 0 Å². The summed E-state index contributed by atoms with van der Waals surface area (Å²) in [5.74, 6) is 1.44. The molecule has 1 aromatic carbocycles. The van der Waals surface area contributed by atoms with E-state index >= 15 is 0 Å². The van der Waals surface area contributed by atoms with Crippen LogP contribution < -0.4 is 14.4 Å². The minimum Gasteiger partial charge on any atom is -0.497 e. The number of hydrogen-bond donors (Lipinski definition) is 1. The Morgan fingerprint density at radius 3 is 2.68 bits per heavy atom. The van der Waals surface area contributed by atoms with Crippen molar-refractivity contribution in [2.24, 2.45) is 0 Å². The second-order valence-corrected chi connectivity index (χ2v) is 4.81. The van der Waals surface area contributed by atoms with Crippen LogP contribution in [0.1, 0.15) is 0 Å². The fourth-order valence-electron chi connectivity index (χ4n) is 2.07. The van der Waals surface area contributed by atoms with Crippen molar-refractivity contribution >= 4 is 5.91 Å². The number of piperazine rings is 1. The van der Waals surface area contributed by atoms with Crippen LogP contribution in [0, 0.1) is 0 Å². The zero-order chi connectivity index (χ0) is 13.7. The molecule has 5 heteroatoms. The van der Waals surface area contributed by atoms with Crippen LogP contribution in [0.3, 0.4) is 0 Å². The zero-order valence-electron chi connectivity index (χ0n) is 11.5. The van der Waals surface area contributed by atoms with Crippen LogP contribution in [0.15, 0.2) is 24.3 Å². The summed E-state index contributed by atoms with van der Waals surface area (Å²) in [4.78, 5) is 15.3. The Balaban J connectivity index is 1.82. The van der Waals surface area contributed by atoms with Gasteiger partial charge in [-0.05, 0) is 12.1 Å². The minimum absolute atomic E-state index is 0.0512. The Labute approximate surface area is 113 Å². The summed E-state index contributed by atoms with van der Waals surface area (Å²) in [6.07, 6.45) is 0. The summed E-state index contributed by atoms with van der Waals surface area (Å²) in [7, 11) is 3.76. The number of quaternary nitrogens is 1. The van der Waals surface area contributed by atoms with E-state index in [-0.39, 0.29) is 12.5 Å². The molecule has 1 amide bonds. The van der Waals surface area contributed by atoms with Gasteiger partial charge in [0.25, 0.3) is 5.91 Å². The summed E-state index contributed by atoms with van der Waals surface area (Å²) >= 11 is 0. The van der Waals surface area contributed by atoms with E-state index in [4.69, 9.17) is 9.47 Å². The van der Waals surface area contributed by atoms with Gasteiger partial charge in [0.2, 0.25) is 0 Å². The molecular formula is C14H21N2O3+. The lowest BCUT2D eigenvalue weighted by Crippen LogP contribution is -3.12. The predicted molar refractivity (Wildman–Crippen MR) is 71.7 cm³/mol. The highest BCUT2D eigenvalue weighted by Gasteiger charge is 2.21. The molecule has 0 aliphatic carbocycles. The van der Waals surface area contributed by atoms with E-state index in [0.717, 1.165) is 31.9 Å². The maximum absolute atomic E-state index is 12.0. The number of methoxy groups -OCH3 is 1. The quantitative estimate of drug-likeness (QED) is 0.793. The number of nitrogens with one attached hydrogen (secondary N) is 1. The first-order valence-electron chi connectivity index (χ1n) is 6.55. The molecule has 0 atom stereocenters. The van der Waals surface area contributed by atoms with Gasteiger partial charge in [0.1, 0.15) is 11.5 Å². The topological polar surface area (TPSA) is 43.2 Å². The van der Waals surface area contributed by atoms with Crippen LogP contribution in [0.2, 0.25) is 0 Å². The number of likely N-dealkylation sites (N-methyl/N-ethyl adjacent to an activating group) is 1. The highest BCUT2D eigenvalue weighted by molar-refractivity contribution is 5.77. The molecule has 19 heavy (non-hydrogen) atoms. The van der Waals surface area contributed by atoms with E-state index in [1.165, 1.54) is 4.90 Å². The summed E-state index contributed by atoms with van der Waals surface area (Å²) in [5.41, 5.74) is 0. The van der Waals surface area contributed by atoms with Crippen molar-refractivity contribution in [2.75, 3.05) is 46.9 Å². The number of rotatable bonds is 4. The van der Waals surface area contributed by atoms with Crippen molar-refractivity contribution in [3.63, 3.8) is 0 Å². The molecule has 104 valence electrons. The smallest absolute Gasteiger partial charge is 0.260 e. The normalized spacial score (nSPS) is 16.2. The van der Waals surface area contributed by atoms with Crippen molar-refractivity contribution < 1.29 is 19.2 Å². The summed E-state index contributed by atoms with van der Waals surface area (Å²) < 4.78 is 10.6. The number of amides is 1. The van der Waals surface area contributed by atoms with Crippen LogP contribution in [0.25, 0.3) is 0 Å². The van der Waals surface area contributed by atoms with E-state index in [0.29, 0.717) is 5.75 Å². The second-order valence-electron chi connectivity index (χ2n) is 4.81. The molecule has 0 unspecified atom stereocenters. The van der Waals surface area contributed by atoms with Crippen molar-refractivity contribution in [1.29, 1.82) is 0 Å². The summed E-state index contributed by atoms with van der Waals surface area (Å²) in [6, 6.07) is 7.29. The van der Waals surface area contributed by atoms with Gasteiger partial charge in [-0.15, -0.1) is 0 Å². The Hall–Kier alpha value is -1.75. The highest BCUT2D eigenvalue weighted by Crippen LogP contribution is 2.18. The Bertz CT molecular complexity index is 428. The molecule has 0 bridgehead atoms. The molecule has 0 saturated carbocycles. The first-order chi connectivity index (χ1) is 9.19. The van der Waals surface area contributed by atoms with Gasteiger partial charge in [-0.2, -0.15) is 0 Å². The van der Waals surface area contributed by atoms with Crippen LogP contribution in [-0.2, 0) is 4.79 Å². The Kier molecular flexibility index (Phi) is 4.63. The molecule has 5 nitrogen and oxygen atoms in total. The first kappa shape index (κ1) is 13.7. The molecule has 1 saturated heterocycles. The highest BCUT2D eigenvalue weighted by atomic mass is 16.5. The van der Waals surface area contributed by atoms with Gasteiger partial charge in [0, 0.05) is 6.07 Å². The second kappa shape index (κ2) is 6.43. The predicted octanol–water partition coefficient (Wildman–Crippen LogP) is -0.569. The maximum Gasteiger partial charge on any atom is 0.260 e. The molecule has 0 aromatic heterocycles. The molecular weight excluding hydrogens is 244 g/mol. The van der Waals surface area contributed by atoms with Crippen LogP contribution in [-0.4, -0.2) is 57.8 Å². The standard InChI is InChI=1S/C14H20N2O3/c1-15-6-8-16(9-7-15)14(17)11-19-13-5-3-4-12(10-13)18-2/h3-5,10H,6-9,11H2,1-2H3/p+1. The molecule has 0 spiro atoms. The van der Waals surface area contributed by atoms with E-state index < -0.39 is 0 Å². The van der Waals surface area contributed by atoms with Gasteiger partial charge >= 0.3 is 0 Å². The average molecular weight is 265 g/mol. The molecule has 0 radical (unpaired) electrons. The number of ether oxygens (including phenoxy) is 2. The molecule has 1 aromatic rings. The molecule has 2 rings (SSSR count). The summed E-state index contributed by atoms with van der Waals surface area (Å²) in [6.45, 7) is 3.72. The van der Waals surface area contributed by atoms with Crippen LogP contribution in [0.5, 0.6) is 11.5 Å². The van der Waals surface area contributed by atoms with Crippen molar-refractivity contribution in [1.82, 2.24) is 4.90 Å². The molecule has 1 fully saturated rings. The van der Waals surface area contributed by atoms with Gasteiger partial charge in [-0.1, -0.05) is 6.07 Å². The number of hydrogen-bond acceptors (Lipinski definition) is 3. The Morgan fingerprint density at radius 2 is 2.00 bits per heavy atom. The lowest BCUT2D eigenvalue weighted by atomic mass is 10.3. The van der Waals surface area contributed by atoms with E-state index in [1.807, 2.05) is 23.1 Å². The lowest BCUT2D eigenvalue weighted by molar-refractivity contribution is -0.883. The van der Waals surface area contributed by atoms with E-state index in [1.54, 1.807) is 13.2 Å². The first-order valence-corrected chi connectivity index (χ1v) is 6.55. The van der Waals surface area contributed by atoms with Gasteiger partial charge in [-0.3, -0.25) is 4.79 Å². The largest absolute Gasteiger partial charge is 0.497 e. The zero-order valence-corrected chi connectivity index (χ0v) is 11.5. The SMILES string of the molecule is COc1cccc(OCC(=O)N2CC[NH+](C)CC2)c1. The molecule has 1 N–H and O–H groups in total. The third kappa shape index (κ3) is 3.86. The fraction of sp³-hybridized carbons (Fsp3) is 0.500. The van der Waals surface area contributed by atoms with Crippen LogP contribution in [0.4, 0.5) is 0 Å². The Morgan fingerprint density at radius 1 is 1.32 bits per heavy atom. The van der Waals surface area contributed by atoms with E-state index in [2.05, 4.69) is 7.05 Å². The summed E-state index contributed by atoms with van der Waals surface area (Å²) in [5, 5.41) is 0. The number of nitrogens with zero attached hydrogens (tertiary/aromatic N) is 1.